The van der Waals surface area contributed by atoms with Crippen molar-refractivity contribution in [2.45, 2.75) is 6.54 Å². The lowest BCUT2D eigenvalue weighted by atomic mass is 10.1. The van der Waals surface area contributed by atoms with Crippen LogP contribution >= 0.6 is 0 Å². The van der Waals surface area contributed by atoms with Gasteiger partial charge in [-0.15, -0.1) is 0 Å². The van der Waals surface area contributed by atoms with E-state index in [0.717, 1.165) is 12.1 Å². The van der Waals surface area contributed by atoms with Crippen LogP contribution in [0.25, 0.3) is 11.3 Å². The molecule has 0 aliphatic heterocycles. The van der Waals surface area contributed by atoms with Crippen molar-refractivity contribution in [1.82, 2.24) is 15.5 Å². The van der Waals surface area contributed by atoms with Gasteiger partial charge in [0.2, 0.25) is 0 Å². The van der Waals surface area contributed by atoms with Gasteiger partial charge < -0.3 is 5.32 Å². The minimum absolute atomic E-state index is 0.0875. The summed E-state index contributed by atoms with van der Waals surface area (Å²) in [5.74, 6) is -2.26. The first-order valence-electron chi connectivity index (χ1n) is 7.06. The van der Waals surface area contributed by atoms with Gasteiger partial charge in [-0.1, -0.05) is 6.07 Å². The first kappa shape index (κ1) is 15.8. The molecule has 0 saturated carbocycles. The summed E-state index contributed by atoms with van der Waals surface area (Å²) >= 11 is 0. The fourth-order valence-corrected chi connectivity index (χ4v) is 2.14. The zero-order valence-corrected chi connectivity index (χ0v) is 12.3. The summed E-state index contributed by atoms with van der Waals surface area (Å²) in [4.78, 5) is 12.1. The number of hydrogen-bond acceptors (Lipinski definition) is 2. The first-order valence-corrected chi connectivity index (χ1v) is 7.06. The molecule has 122 valence electrons. The smallest absolute Gasteiger partial charge is 0.269 e. The van der Waals surface area contributed by atoms with Gasteiger partial charge in [-0.05, 0) is 36.4 Å². The van der Waals surface area contributed by atoms with E-state index in [-0.39, 0.29) is 23.6 Å². The second-order valence-corrected chi connectivity index (χ2v) is 5.09. The lowest BCUT2D eigenvalue weighted by molar-refractivity contribution is 0.0945. The van der Waals surface area contributed by atoms with Crippen LogP contribution < -0.4 is 5.32 Å². The van der Waals surface area contributed by atoms with Gasteiger partial charge in [0.1, 0.15) is 23.1 Å². The lowest BCUT2D eigenvalue weighted by Gasteiger charge is -2.05. The third kappa shape index (κ3) is 3.45. The molecule has 3 rings (SSSR count). The Labute approximate surface area is 135 Å². The van der Waals surface area contributed by atoms with E-state index >= 15 is 0 Å². The number of benzene rings is 2. The quantitative estimate of drug-likeness (QED) is 0.769. The molecule has 0 atom stereocenters. The highest BCUT2D eigenvalue weighted by Crippen LogP contribution is 2.18. The standard InChI is InChI=1S/C17H12F3N3O/c18-12-4-1-10(2-5-12)15-8-16(23-22-15)17(24)21-9-11-3-6-13(19)7-14(11)20/h1-8H,9H2,(H,21,24)(H,22,23). The van der Waals surface area contributed by atoms with Crippen LogP contribution in [0.1, 0.15) is 16.1 Å². The average molecular weight is 331 g/mol. The number of hydrogen-bond donors (Lipinski definition) is 2. The number of nitrogens with zero attached hydrogens (tertiary/aromatic N) is 1. The fraction of sp³-hybridized carbons (Fsp3) is 0.0588. The van der Waals surface area contributed by atoms with Crippen molar-refractivity contribution in [3.8, 4) is 11.3 Å². The summed E-state index contributed by atoms with van der Waals surface area (Å²) < 4.78 is 39.3. The number of carbonyl (C=O) groups excluding carboxylic acids is 1. The number of H-pyrrole nitrogens is 1. The van der Waals surface area contributed by atoms with Crippen LogP contribution in [0.3, 0.4) is 0 Å². The highest BCUT2D eigenvalue weighted by atomic mass is 19.1. The molecule has 1 heterocycles. The van der Waals surface area contributed by atoms with Gasteiger partial charge in [-0.25, -0.2) is 13.2 Å². The summed E-state index contributed by atoms with van der Waals surface area (Å²) in [7, 11) is 0. The number of amides is 1. The average Bonchev–Trinajstić information content (AvgIpc) is 3.04. The molecule has 0 unspecified atom stereocenters. The molecule has 1 aromatic heterocycles. The molecule has 2 N–H and O–H groups in total. The molecule has 0 aliphatic rings. The lowest BCUT2D eigenvalue weighted by Crippen LogP contribution is -2.23. The van der Waals surface area contributed by atoms with Crippen LogP contribution in [-0.2, 0) is 6.54 Å². The van der Waals surface area contributed by atoms with Crippen LogP contribution in [0, 0.1) is 17.5 Å². The Morgan fingerprint density at radius 2 is 1.71 bits per heavy atom. The van der Waals surface area contributed by atoms with Gasteiger partial charge in [0.25, 0.3) is 5.91 Å². The van der Waals surface area contributed by atoms with E-state index in [0.29, 0.717) is 11.3 Å². The minimum Gasteiger partial charge on any atom is -0.347 e. The molecule has 0 fully saturated rings. The second kappa shape index (κ2) is 6.57. The number of rotatable bonds is 4. The summed E-state index contributed by atoms with van der Waals surface area (Å²) in [6.45, 7) is -0.0875. The molecule has 24 heavy (non-hydrogen) atoms. The monoisotopic (exact) mass is 331 g/mol. The molecule has 1 amide bonds. The second-order valence-electron chi connectivity index (χ2n) is 5.09. The van der Waals surface area contributed by atoms with Gasteiger partial charge in [0, 0.05) is 23.7 Å². The Hall–Kier alpha value is -3.09. The van der Waals surface area contributed by atoms with Crippen LogP contribution in [0.2, 0.25) is 0 Å². The zero-order chi connectivity index (χ0) is 17.1. The molecule has 3 aromatic rings. The molecule has 7 heteroatoms. The van der Waals surface area contributed by atoms with E-state index in [2.05, 4.69) is 15.5 Å². The third-order valence-corrected chi connectivity index (χ3v) is 3.42. The van der Waals surface area contributed by atoms with E-state index in [1.54, 1.807) is 12.1 Å². The predicted octanol–water partition coefficient (Wildman–Crippen LogP) is 3.42. The number of aromatic nitrogens is 2. The zero-order valence-electron chi connectivity index (χ0n) is 12.3. The van der Waals surface area contributed by atoms with Gasteiger partial charge in [-0.2, -0.15) is 5.10 Å². The number of nitrogens with one attached hydrogen (secondary N) is 2. The maximum atomic E-state index is 13.5. The molecule has 0 aliphatic carbocycles. The highest BCUT2D eigenvalue weighted by Gasteiger charge is 2.12. The fourth-order valence-electron chi connectivity index (χ4n) is 2.14. The van der Waals surface area contributed by atoms with E-state index < -0.39 is 17.5 Å². The summed E-state index contributed by atoms with van der Waals surface area (Å²) in [6, 6.07) is 10.3. The van der Waals surface area contributed by atoms with E-state index in [1.807, 2.05) is 0 Å². The Balaban J connectivity index is 1.68. The van der Waals surface area contributed by atoms with Crippen LogP contribution in [0.4, 0.5) is 13.2 Å². The molecule has 0 saturated heterocycles. The van der Waals surface area contributed by atoms with Crippen molar-refractivity contribution in [3.63, 3.8) is 0 Å². The van der Waals surface area contributed by atoms with Crippen molar-refractivity contribution in [3.05, 3.63) is 77.2 Å². The Kier molecular flexibility index (Phi) is 4.33. The van der Waals surface area contributed by atoms with Crippen molar-refractivity contribution in [2.75, 3.05) is 0 Å². The summed E-state index contributed by atoms with van der Waals surface area (Å²) in [5, 5.41) is 9.08. The van der Waals surface area contributed by atoms with E-state index in [9.17, 15) is 18.0 Å². The minimum atomic E-state index is -0.730. The number of aromatic amines is 1. The summed E-state index contributed by atoms with van der Waals surface area (Å²) in [6.07, 6.45) is 0. The molecule has 0 radical (unpaired) electrons. The van der Waals surface area contributed by atoms with Gasteiger partial charge in [0.15, 0.2) is 0 Å². The molecular weight excluding hydrogens is 319 g/mol. The SMILES string of the molecule is O=C(NCc1ccc(F)cc1F)c1cc(-c2ccc(F)cc2)n[nH]1. The molecule has 0 spiro atoms. The largest absolute Gasteiger partial charge is 0.347 e. The Morgan fingerprint density at radius 3 is 2.42 bits per heavy atom. The van der Waals surface area contributed by atoms with E-state index in [4.69, 9.17) is 0 Å². The highest BCUT2D eigenvalue weighted by molar-refractivity contribution is 5.93. The van der Waals surface area contributed by atoms with Gasteiger partial charge >= 0.3 is 0 Å². The normalized spacial score (nSPS) is 10.6. The topological polar surface area (TPSA) is 57.8 Å². The van der Waals surface area contributed by atoms with Crippen LogP contribution in [-0.4, -0.2) is 16.1 Å². The van der Waals surface area contributed by atoms with Crippen molar-refractivity contribution in [1.29, 1.82) is 0 Å². The molecule has 2 aromatic carbocycles. The maximum absolute atomic E-state index is 13.5. The van der Waals surface area contributed by atoms with Gasteiger partial charge in [-0.3, -0.25) is 9.89 Å². The first-order chi connectivity index (χ1) is 11.5. The maximum Gasteiger partial charge on any atom is 0.269 e. The van der Waals surface area contributed by atoms with Crippen LogP contribution in [0.15, 0.2) is 48.5 Å². The molecule has 0 bridgehead atoms. The summed E-state index contributed by atoms with van der Waals surface area (Å²) in [5.41, 5.74) is 1.48. The van der Waals surface area contributed by atoms with Crippen molar-refractivity contribution < 1.29 is 18.0 Å². The van der Waals surface area contributed by atoms with Crippen molar-refractivity contribution >= 4 is 5.91 Å². The van der Waals surface area contributed by atoms with Crippen LogP contribution in [0.5, 0.6) is 0 Å². The predicted molar refractivity (Wildman–Crippen MR) is 81.5 cm³/mol. The number of carbonyl (C=O) groups is 1. The van der Waals surface area contributed by atoms with Gasteiger partial charge in [0.05, 0.1) is 5.69 Å². The molecule has 4 nitrogen and oxygen atoms in total. The van der Waals surface area contributed by atoms with E-state index in [1.165, 1.54) is 24.3 Å². The molecular formula is C17H12F3N3O. The third-order valence-electron chi connectivity index (χ3n) is 3.42. The Morgan fingerprint density at radius 1 is 1.00 bits per heavy atom. The van der Waals surface area contributed by atoms with Crippen molar-refractivity contribution in [2.24, 2.45) is 0 Å². The number of halogens is 3. The Bertz CT molecular complexity index is 875.